The first-order valence-electron chi connectivity index (χ1n) is 24.0. The summed E-state index contributed by atoms with van der Waals surface area (Å²) < 4.78 is 105. The van der Waals surface area contributed by atoms with Crippen LogP contribution in [-0.2, 0) is 38.3 Å². The Morgan fingerprint density at radius 3 is 1.49 bits per heavy atom. The van der Waals surface area contributed by atoms with Gasteiger partial charge in [-0.05, 0) is 59.2 Å². The summed E-state index contributed by atoms with van der Waals surface area (Å²) in [5, 5.41) is 0. The van der Waals surface area contributed by atoms with Crippen LogP contribution in [0.2, 0.25) is 0 Å². The molecule has 6 rings (SSSR count). The standard InChI is InChI=1S/C54H72F2N2O15.2ClH/c1-57(20-17-35-28-45(67-9)51(70-12)52(71-13)47(35)38(57)24-33-25-41(63-5)49(68-10)42(26-33)64-6)18-14-23-73-53(60)54(55,56)32-46(59)72-22-15-19-58(2)21-16-34-27-39(61-3)40(62-4)31-37(34)48(58)36-29-43(65-7)50(69-11)44(30-36)66-8;;/h25-31,38,48H,14-24,32H2,1-13H3;2*1H/q+2;;/p-2/t38-,48+,57-,58+;;/m1../s1. The van der Waals surface area contributed by atoms with E-state index in [9.17, 15) is 9.59 Å². The van der Waals surface area contributed by atoms with Gasteiger partial charge in [-0.15, -0.1) is 0 Å². The summed E-state index contributed by atoms with van der Waals surface area (Å²) in [6.07, 6.45) is 0.903. The number of likely N-dealkylation sites (N-methyl/N-ethyl adjacent to an activating group) is 2. The first-order valence-corrected chi connectivity index (χ1v) is 24.0. The summed E-state index contributed by atoms with van der Waals surface area (Å²) in [4.78, 5) is 25.9. The zero-order valence-electron chi connectivity index (χ0n) is 45.2. The molecule has 0 saturated heterocycles. The van der Waals surface area contributed by atoms with E-state index in [1.165, 1.54) is 14.2 Å². The van der Waals surface area contributed by atoms with Crippen molar-refractivity contribution in [2.75, 3.05) is 132 Å². The van der Waals surface area contributed by atoms with Crippen molar-refractivity contribution in [1.82, 2.24) is 0 Å². The van der Waals surface area contributed by atoms with Crippen LogP contribution in [0.4, 0.5) is 8.78 Å². The lowest BCUT2D eigenvalue weighted by molar-refractivity contribution is -0.941. The molecule has 4 aromatic rings. The number of carbonyl (C=O) groups excluding carboxylic acids is 2. The molecule has 4 atom stereocenters. The van der Waals surface area contributed by atoms with Gasteiger partial charge in [-0.3, -0.25) is 4.79 Å². The minimum absolute atomic E-state index is 0. The molecule has 0 spiro atoms. The Kier molecular flexibility index (Phi) is 21.9. The highest BCUT2D eigenvalue weighted by atomic mass is 35.5. The summed E-state index contributed by atoms with van der Waals surface area (Å²) in [6, 6.07) is 13.0. The SMILES string of the molecule is COc1cc2c(cc1OC)[C@H](c1cc(OC)c(OC)c(OC)c1)[N@@+](C)(CCCOC(=O)CC(F)(F)C(=O)OCCC[N@+]1(C)CCc3cc(OC)c(OC)c(OC)c3[C@H]1Cc1cc(OC)c(OC)c(OC)c1)CC2.[Cl-].[Cl-]. The molecule has 17 nitrogen and oxygen atoms in total. The number of nitrogens with zero attached hydrogens (tertiary/aromatic N) is 2. The van der Waals surface area contributed by atoms with Crippen LogP contribution in [0.3, 0.4) is 0 Å². The van der Waals surface area contributed by atoms with Gasteiger partial charge in [-0.1, -0.05) is 0 Å². The van der Waals surface area contributed by atoms with Crippen molar-refractivity contribution in [3.8, 4) is 63.2 Å². The maximum absolute atomic E-state index is 15.4. The van der Waals surface area contributed by atoms with E-state index in [1.54, 1.807) is 64.0 Å². The average molecular weight is 1100 g/mol. The number of carbonyl (C=O) groups is 2. The zero-order chi connectivity index (χ0) is 53.3. The Labute approximate surface area is 451 Å². The van der Waals surface area contributed by atoms with Gasteiger partial charge >= 0.3 is 17.9 Å². The number of fused-ring (bicyclic) bond motifs is 2. The van der Waals surface area contributed by atoms with Gasteiger partial charge in [-0.25, -0.2) is 4.79 Å². The highest BCUT2D eigenvalue weighted by Gasteiger charge is 2.46. The zero-order valence-corrected chi connectivity index (χ0v) is 46.7. The van der Waals surface area contributed by atoms with E-state index in [4.69, 9.17) is 61.6 Å². The molecule has 0 aromatic heterocycles. The number of esters is 2. The van der Waals surface area contributed by atoms with E-state index >= 15 is 8.78 Å². The van der Waals surface area contributed by atoms with Crippen LogP contribution in [-0.4, -0.2) is 159 Å². The minimum Gasteiger partial charge on any atom is -1.00 e. The summed E-state index contributed by atoms with van der Waals surface area (Å²) >= 11 is 0. The fourth-order valence-electron chi connectivity index (χ4n) is 10.6. The van der Waals surface area contributed by atoms with Gasteiger partial charge in [-0.2, -0.15) is 8.78 Å². The molecule has 2 aliphatic heterocycles. The van der Waals surface area contributed by atoms with Gasteiger partial charge in [0.05, 0.1) is 137 Å². The summed E-state index contributed by atoms with van der Waals surface area (Å²) in [5.74, 6) is -1.63. The molecule has 0 radical (unpaired) electrons. The number of benzene rings is 4. The smallest absolute Gasteiger partial charge is 0.377 e. The molecule has 4 aromatic carbocycles. The average Bonchev–Trinajstić information content (AvgIpc) is 3.39. The molecule has 2 heterocycles. The Morgan fingerprint density at radius 2 is 0.973 bits per heavy atom. The third-order valence-corrected chi connectivity index (χ3v) is 14.3. The monoisotopic (exact) mass is 1100 g/mol. The van der Waals surface area contributed by atoms with E-state index < -0.39 is 24.3 Å². The number of ether oxygens (including phenoxy) is 13. The molecule has 0 N–H and O–H groups in total. The van der Waals surface area contributed by atoms with E-state index in [2.05, 4.69) is 14.1 Å². The molecule has 2 aliphatic rings. The summed E-state index contributed by atoms with van der Waals surface area (Å²) in [7, 11) is 21.3. The lowest BCUT2D eigenvalue weighted by Crippen LogP contribution is -3.00. The second-order valence-electron chi connectivity index (χ2n) is 18.5. The molecule has 0 aliphatic carbocycles. The number of halogens is 4. The number of quaternary nitrogens is 2. The van der Waals surface area contributed by atoms with Crippen LogP contribution < -0.4 is 76.9 Å². The molecule has 75 heavy (non-hydrogen) atoms. The molecule has 0 saturated carbocycles. The van der Waals surface area contributed by atoms with Crippen LogP contribution >= 0.6 is 0 Å². The van der Waals surface area contributed by atoms with E-state index in [-0.39, 0.29) is 56.5 Å². The summed E-state index contributed by atoms with van der Waals surface area (Å²) in [5.41, 5.74) is 5.72. The fourth-order valence-corrected chi connectivity index (χ4v) is 10.6. The van der Waals surface area contributed by atoms with E-state index in [0.717, 1.165) is 33.4 Å². The predicted octanol–water partition coefficient (Wildman–Crippen LogP) is 1.76. The molecule has 0 bridgehead atoms. The first kappa shape index (κ1) is 61.5. The van der Waals surface area contributed by atoms with Crippen LogP contribution in [0.15, 0.2) is 42.5 Å². The quantitative estimate of drug-likeness (QED) is 0.0538. The van der Waals surface area contributed by atoms with Crippen molar-refractivity contribution in [2.45, 2.75) is 56.5 Å². The number of hydrogen-bond acceptors (Lipinski definition) is 15. The molecule has 0 unspecified atom stereocenters. The minimum atomic E-state index is -4.12. The molecular formula is C54H72Cl2F2N2O15. The van der Waals surface area contributed by atoms with E-state index in [1.807, 2.05) is 42.5 Å². The number of methoxy groups -OCH3 is 11. The third-order valence-electron chi connectivity index (χ3n) is 14.3. The molecule has 21 heteroatoms. The van der Waals surface area contributed by atoms with Crippen molar-refractivity contribution >= 4 is 11.9 Å². The number of hydrogen-bond donors (Lipinski definition) is 0. The molecule has 0 amide bonds. The van der Waals surface area contributed by atoms with Crippen LogP contribution in [0.5, 0.6) is 63.2 Å². The fraction of sp³-hybridized carbons (Fsp3) is 0.519. The summed E-state index contributed by atoms with van der Waals surface area (Å²) in [6.45, 7) is 1.78. The Morgan fingerprint density at radius 1 is 0.533 bits per heavy atom. The number of rotatable bonds is 25. The third kappa shape index (κ3) is 13.0. The van der Waals surface area contributed by atoms with Crippen molar-refractivity contribution in [3.05, 3.63) is 75.8 Å². The van der Waals surface area contributed by atoms with Crippen molar-refractivity contribution in [1.29, 1.82) is 0 Å². The lowest BCUT2D eigenvalue weighted by Gasteiger charge is -2.46. The number of alkyl halides is 2. The molecule has 0 fully saturated rings. The van der Waals surface area contributed by atoms with Gasteiger partial charge in [0.1, 0.15) is 18.5 Å². The van der Waals surface area contributed by atoms with Crippen LogP contribution in [0.25, 0.3) is 0 Å². The van der Waals surface area contributed by atoms with Crippen molar-refractivity contribution < 1.29 is 114 Å². The molecular weight excluding hydrogens is 1030 g/mol. The Hall–Kier alpha value is -6.02. The van der Waals surface area contributed by atoms with Crippen LogP contribution in [0.1, 0.15) is 64.7 Å². The van der Waals surface area contributed by atoms with Gasteiger partial charge in [0.15, 0.2) is 46.0 Å². The van der Waals surface area contributed by atoms with Crippen LogP contribution in [0, 0.1) is 0 Å². The maximum atomic E-state index is 15.4. The van der Waals surface area contributed by atoms with Gasteiger partial charge < -0.3 is 95.4 Å². The van der Waals surface area contributed by atoms with Crippen molar-refractivity contribution in [3.63, 3.8) is 0 Å². The van der Waals surface area contributed by atoms with Crippen molar-refractivity contribution in [2.24, 2.45) is 0 Å². The highest BCUT2D eigenvalue weighted by molar-refractivity contribution is 5.84. The van der Waals surface area contributed by atoms with Gasteiger partial charge in [0, 0.05) is 43.2 Å². The second-order valence-corrected chi connectivity index (χ2v) is 18.5. The Balaban J connectivity index is 0.00000608. The predicted molar refractivity (Wildman–Crippen MR) is 266 cm³/mol. The van der Waals surface area contributed by atoms with Gasteiger partial charge in [0.25, 0.3) is 0 Å². The highest BCUT2D eigenvalue weighted by Crippen LogP contribution is 2.52. The normalized spacial score (nSPS) is 18.5. The lowest BCUT2D eigenvalue weighted by atomic mass is 9.85. The second kappa shape index (κ2) is 26.6. The topological polar surface area (TPSA) is 154 Å². The maximum Gasteiger partial charge on any atom is 0.377 e. The van der Waals surface area contributed by atoms with E-state index in [0.29, 0.717) is 124 Å². The Bertz CT molecular complexity index is 2560. The van der Waals surface area contributed by atoms with Gasteiger partial charge in [0.2, 0.25) is 17.2 Å². The first-order chi connectivity index (χ1) is 35.0. The largest absolute Gasteiger partial charge is 1.00 e. The molecule has 416 valence electrons.